The van der Waals surface area contributed by atoms with Gasteiger partial charge in [0.15, 0.2) is 15.8 Å². The van der Waals surface area contributed by atoms with Gasteiger partial charge in [-0.05, 0) is 108 Å². The van der Waals surface area contributed by atoms with Crippen molar-refractivity contribution >= 4 is 55.7 Å². The quantitative estimate of drug-likeness (QED) is 0.119. The standard InChI is InChI=1S/C38H16O2P2S.C14H16N2.2ClH.Ru/c1-7-11-15-19-27-41(28-20-16-12-8-2)35-31-33(5)23-25-37(35)43(39,40)38-26-24-34(6)32-36(38)42(29-21-17-13-9-3)30-22-18-14-10-4;15-13(11-7-3-1-4-8-11)14(16)12-9-5-2-6-10-12;;;/h1-4,23-26,31-32H,5-6H3;1-10,13-14H,15-16H2;2*1H;/q;;;;+4. The van der Waals surface area contributed by atoms with E-state index in [4.69, 9.17) is 56.5 Å². The molecule has 0 saturated heterocycles. The Bertz CT molecular complexity index is 2750. The number of hydrogen-bond acceptors (Lipinski definition) is 4. The summed E-state index contributed by atoms with van der Waals surface area (Å²) < 4.78 is 28.9. The molecule has 298 valence electrons. The van der Waals surface area contributed by atoms with Gasteiger partial charge in [-0.3, -0.25) is 0 Å². The zero-order chi connectivity index (χ0) is 45.6. The van der Waals surface area contributed by atoms with E-state index in [9.17, 15) is 8.42 Å². The number of benzene rings is 4. The van der Waals surface area contributed by atoms with Crippen LogP contribution >= 0.6 is 35.2 Å². The fourth-order valence-electron chi connectivity index (χ4n) is 5.01. The van der Waals surface area contributed by atoms with Gasteiger partial charge in [0.2, 0.25) is 9.84 Å². The maximum absolute atomic E-state index is 14.4. The van der Waals surface area contributed by atoms with Crippen molar-refractivity contribution in [3.8, 4) is 143 Å². The van der Waals surface area contributed by atoms with E-state index in [-0.39, 0.29) is 37.0 Å². The molecule has 0 aliphatic rings. The monoisotopic (exact) mass is 984 g/mol. The number of hydrogen-bond donors (Lipinski definition) is 2. The van der Waals surface area contributed by atoms with Crippen molar-refractivity contribution in [3.63, 3.8) is 0 Å². The van der Waals surface area contributed by atoms with Crippen LogP contribution < -0.4 is 22.1 Å². The topological polar surface area (TPSA) is 86.2 Å². The molecule has 4 N–H and O–H groups in total. The van der Waals surface area contributed by atoms with Gasteiger partial charge in [0.1, 0.15) is 43.0 Å². The van der Waals surface area contributed by atoms with Crippen molar-refractivity contribution in [2.24, 2.45) is 11.5 Å². The Balaban J connectivity index is 0.000000571. The Labute approximate surface area is 386 Å². The Kier molecular flexibility index (Phi) is 24.8. The van der Waals surface area contributed by atoms with Crippen LogP contribution in [0, 0.1) is 157 Å². The van der Waals surface area contributed by atoms with Gasteiger partial charge in [-0.25, -0.2) is 8.42 Å². The van der Waals surface area contributed by atoms with E-state index in [0.717, 1.165) is 22.3 Å². The first kappa shape index (κ1) is 51.7. The van der Waals surface area contributed by atoms with Crippen molar-refractivity contribution in [2.75, 3.05) is 0 Å². The minimum absolute atomic E-state index is 0.0389. The normalized spacial score (nSPS) is 9.68. The van der Waals surface area contributed by atoms with Crippen molar-refractivity contribution < 1.29 is 23.6 Å². The first-order chi connectivity index (χ1) is 30.0. The molecule has 0 aromatic heterocycles. The molecule has 4 aromatic carbocycles. The molecular formula is C52H34Cl2N2O2P2RuS+4. The van der Waals surface area contributed by atoms with Crippen molar-refractivity contribution in [3.05, 3.63) is 119 Å². The molecule has 0 bridgehead atoms. The number of sulfone groups is 1. The summed E-state index contributed by atoms with van der Waals surface area (Å²) in [5.74, 6) is 39.4. The molecule has 0 heterocycles. The van der Waals surface area contributed by atoms with E-state index in [1.807, 2.05) is 74.5 Å². The first-order valence-electron chi connectivity index (χ1n) is 17.5. The maximum atomic E-state index is 14.4. The molecule has 0 saturated carbocycles. The predicted octanol–water partition coefficient (Wildman–Crippen LogP) is 6.97. The second kappa shape index (κ2) is 29.7. The van der Waals surface area contributed by atoms with Crippen LogP contribution in [0.3, 0.4) is 0 Å². The van der Waals surface area contributed by atoms with E-state index in [0.29, 0.717) is 10.6 Å². The molecule has 0 aliphatic heterocycles. The number of halogens is 2. The number of terminal acetylenes is 4. The molecular weight excluding hydrogens is 951 g/mol. The number of nitrogens with two attached hydrogens (primary N) is 2. The molecule has 4 rings (SSSR count). The summed E-state index contributed by atoms with van der Waals surface area (Å²) in [5.41, 5.74) is 28.0. The molecule has 2 atom stereocenters. The van der Waals surface area contributed by atoms with Gasteiger partial charge < -0.3 is 11.5 Å². The summed E-state index contributed by atoms with van der Waals surface area (Å²) in [4.78, 5) is 0.0778. The van der Waals surface area contributed by atoms with Crippen LogP contribution in [0.25, 0.3) is 0 Å². The fourth-order valence-corrected chi connectivity index (χ4v) is 10.7. The Morgan fingerprint density at radius 3 is 1.06 bits per heavy atom. The minimum atomic E-state index is -4.16. The zero-order valence-electron chi connectivity index (χ0n) is 33.2. The summed E-state index contributed by atoms with van der Waals surface area (Å²) in [5, 5.41) is 0.875. The average Bonchev–Trinajstić information content (AvgIpc) is 3.28. The first-order valence-corrected chi connectivity index (χ1v) is 26.5. The SMILES string of the molecule is C#CC#CC#C[PH+](C#CC#CC#C)c1cc(C)ccc1S(=O)(=O)c1ccc(C)cc1[PH+](C#CC#CC#C)C#CC#CC#C.NC(c1ccccc1)C(N)c1ccccc1.[Cl][Ru+2][Cl]. The summed E-state index contributed by atoms with van der Waals surface area (Å²) in [6, 6.07) is 29.6. The zero-order valence-corrected chi connectivity index (χ0v) is 39.3. The summed E-state index contributed by atoms with van der Waals surface area (Å²) >= 11 is -0.346. The molecule has 0 radical (unpaired) electrons. The third-order valence-electron chi connectivity index (χ3n) is 7.68. The van der Waals surface area contributed by atoms with E-state index >= 15 is 0 Å². The fraction of sp³-hybridized carbons (Fsp3) is 0.0769. The van der Waals surface area contributed by atoms with Gasteiger partial charge in [-0.15, -0.1) is 25.7 Å². The molecule has 4 aromatic rings. The van der Waals surface area contributed by atoms with Crippen LogP contribution in [0.5, 0.6) is 0 Å². The van der Waals surface area contributed by atoms with Gasteiger partial charge in [0.25, 0.3) is 0 Å². The number of rotatable bonds is 7. The van der Waals surface area contributed by atoms with Crippen LogP contribution in [0.15, 0.2) is 107 Å². The number of aryl methyl sites for hydroxylation is 2. The van der Waals surface area contributed by atoms with Crippen LogP contribution in [-0.4, -0.2) is 8.42 Å². The third-order valence-corrected chi connectivity index (χ3v) is 13.3. The van der Waals surface area contributed by atoms with Gasteiger partial charge in [0, 0.05) is 59.4 Å². The molecule has 10 heteroatoms. The van der Waals surface area contributed by atoms with E-state index < -0.39 is 25.7 Å². The van der Waals surface area contributed by atoms with Crippen molar-refractivity contribution in [2.45, 2.75) is 35.7 Å². The third kappa shape index (κ3) is 17.6. The van der Waals surface area contributed by atoms with Gasteiger partial charge in [-0.1, -0.05) is 72.8 Å². The Morgan fingerprint density at radius 1 is 0.500 bits per heavy atom. The van der Waals surface area contributed by atoms with E-state index in [1.165, 1.54) is 0 Å². The molecule has 62 heavy (non-hydrogen) atoms. The molecule has 4 nitrogen and oxygen atoms in total. The second-order valence-corrected chi connectivity index (χ2v) is 19.9. The molecule has 0 fully saturated rings. The van der Waals surface area contributed by atoms with Crippen molar-refractivity contribution in [1.29, 1.82) is 0 Å². The second-order valence-electron chi connectivity index (χ2n) is 11.8. The van der Waals surface area contributed by atoms with E-state index in [1.54, 1.807) is 36.4 Å². The van der Waals surface area contributed by atoms with E-state index in [2.05, 4.69) is 117 Å². The summed E-state index contributed by atoms with van der Waals surface area (Å²) in [7, 11) is 1.21. The molecule has 0 amide bonds. The van der Waals surface area contributed by atoms with Crippen LogP contribution in [0.2, 0.25) is 0 Å². The van der Waals surface area contributed by atoms with Gasteiger partial charge in [0.05, 0.1) is 0 Å². The molecule has 0 spiro atoms. The van der Waals surface area contributed by atoms with Crippen LogP contribution in [0.4, 0.5) is 0 Å². The predicted molar refractivity (Wildman–Crippen MR) is 260 cm³/mol. The van der Waals surface area contributed by atoms with Gasteiger partial charge in [-0.2, -0.15) is 0 Å². The summed E-state index contributed by atoms with van der Waals surface area (Å²) in [6.45, 7) is 3.68. The summed E-state index contributed by atoms with van der Waals surface area (Å²) in [6.07, 6.45) is 20.8. The average molecular weight is 985 g/mol. The van der Waals surface area contributed by atoms with Crippen molar-refractivity contribution in [1.82, 2.24) is 0 Å². The molecule has 2 unspecified atom stereocenters. The Morgan fingerprint density at radius 2 is 0.790 bits per heavy atom. The molecule has 0 aliphatic carbocycles. The Hall–Kier alpha value is -6.47. The van der Waals surface area contributed by atoms with Gasteiger partial charge >= 0.3 is 34.5 Å². The van der Waals surface area contributed by atoms with Crippen LogP contribution in [-0.2, 0) is 25.0 Å². The van der Waals surface area contributed by atoms with Crippen LogP contribution in [0.1, 0.15) is 34.3 Å².